The lowest BCUT2D eigenvalue weighted by Crippen LogP contribution is -2.31. The van der Waals surface area contributed by atoms with E-state index in [9.17, 15) is 20.2 Å². The van der Waals surface area contributed by atoms with Crippen LogP contribution in [0.4, 0.5) is 11.4 Å². The Bertz CT molecular complexity index is 2420. The second kappa shape index (κ2) is 13.2. The SMILES string of the molecule is O=[N+]([O-])c1ccc(-c2nc(-c3ccccc3)c(-c3ccccc3)n2C2(c3ccc([N+](=O)[O-])cc3)N=C(c3ccccc3)C(c3ccccc3)=N2)cc1. The third kappa shape index (κ3) is 5.63. The molecule has 1 aliphatic rings. The Hall–Kier alpha value is -7.33. The van der Waals surface area contributed by atoms with Crippen LogP contribution in [0.1, 0.15) is 16.7 Å². The highest BCUT2D eigenvalue weighted by Crippen LogP contribution is 2.46. The van der Waals surface area contributed by atoms with Crippen LogP contribution in [-0.2, 0) is 5.79 Å². The smallest absolute Gasteiger partial charge is 0.269 e. The van der Waals surface area contributed by atoms with Gasteiger partial charge in [-0.25, -0.2) is 15.0 Å². The molecule has 0 atom stereocenters. The maximum absolute atomic E-state index is 11.9. The summed E-state index contributed by atoms with van der Waals surface area (Å²) < 4.78 is 1.96. The van der Waals surface area contributed by atoms with Gasteiger partial charge in [0, 0.05) is 57.6 Å². The Morgan fingerprint density at radius 1 is 0.462 bits per heavy atom. The summed E-state index contributed by atoms with van der Waals surface area (Å²) >= 11 is 0. The van der Waals surface area contributed by atoms with Crippen molar-refractivity contribution in [3.8, 4) is 33.9 Å². The van der Waals surface area contributed by atoms with Gasteiger partial charge in [-0.1, -0.05) is 121 Å². The van der Waals surface area contributed by atoms with Crippen molar-refractivity contribution in [2.45, 2.75) is 5.79 Å². The first-order chi connectivity index (χ1) is 25.4. The topological polar surface area (TPSA) is 129 Å². The monoisotopic (exact) mass is 680 g/mol. The number of nitro benzene ring substituents is 2. The number of nitro groups is 2. The predicted octanol–water partition coefficient (Wildman–Crippen LogP) is 9.35. The Labute approximate surface area is 298 Å². The van der Waals surface area contributed by atoms with Gasteiger partial charge in [0.05, 0.1) is 32.7 Å². The summed E-state index contributed by atoms with van der Waals surface area (Å²) in [5, 5.41) is 23.6. The van der Waals surface area contributed by atoms with E-state index in [2.05, 4.69) is 0 Å². The summed E-state index contributed by atoms with van der Waals surface area (Å²) in [6.45, 7) is 0. The lowest BCUT2D eigenvalue weighted by Gasteiger charge is -2.29. The third-order valence-electron chi connectivity index (χ3n) is 8.94. The van der Waals surface area contributed by atoms with E-state index in [1.807, 2.05) is 126 Å². The van der Waals surface area contributed by atoms with Crippen molar-refractivity contribution in [2.24, 2.45) is 9.98 Å². The second-order valence-corrected chi connectivity index (χ2v) is 12.1. The average Bonchev–Trinajstić information content (AvgIpc) is 3.81. The third-order valence-corrected chi connectivity index (χ3v) is 8.94. The van der Waals surface area contributed by atoms with Gasteiger partial charge in [0.1, 0.15) is 5.82 Å². The number of rotatable bonds is 9. The molecule has 0 aliphatic carbocycles. The fraction of sp³-hybridized carbons (Fsp3) is 0.0238. The van der Waals surface area contributed by atoms with Crippen molar-refractivity contribution in [1.82, 2.24) is 9.55 Å². The van der Waals surface area contributed by atoms with Crippen LogP contribution in [-0.4, -0.2) is 30.8 Å². The molecule has 7 aromatic rings. The van der Waals surface area contributed by atoms with Crippen LogP contribution in [0.15, 0.2) is 180 Å². The lowest BCUT2D eigenvalue weighted by molar-refractivity contribution is -0.385. The van der Waals surface area contributed by atoms with Crippen LogP contribution in [0.3, 0.4) is 0 Å². The van der Waals surface area contributed by atoms with Crippen molar-refractivity contribution in [2.75, 3.05) is 0 Å². The fourth-order valence-corrected chi connectivity index (χ4v) is 6.51. The van der Waals surface area contributed by atoms with Crippen LogP contribution in [0.5, 0.6) is 0 Å². The number of aliphatic imine (C=N–C) groups is 2. The molecule has 2 heterocycles. The molecule has 0 bridgehead atoms. The van der Waals surface area contributed by atoms with Crippen LogP contribution >= 0.6 is 0 Å². The molecule has 0 unspecified atom stereocenters. The highest BCUT2D eigenvalue weighted by atomic mass is 16.6. The molecule has 0 fully saturated rings. The Morgan fingerprint density at radius 3 is 1.31 bits per heavy atom. The first kappa shape index (κ1) is 31.9. The number of hydrogen-bond donors (Lipinski definition) is 0. The van der Waals surface area contributed by atoms with E-state index >= 15 is 0 Å². The molecule has 0 saturated carbocycles. The Morgan fingerprint density at radius 2 is 0.865 bits per heavy atom. The van der Waals surface area contributed by atoms with E-state index in [1.165, 1.54) is 24.3 Å². The largest absolute Gasteiger partial charge is 0.275 e. The molecule has 52 heavy (non-hydrogen) atoms. The molecule has 6 aromatic carbocycles. The minimum absolute atomic E-state index is 0.0619. The van der Waals surface area contributed by atoms with E-state index in [4.69, 9.17) is 15.0 Å². The van der Waals surface area contributed by atoms with E-state index in [0.717, 1.165) is 22.3 Å². The van der Waals surface area contributed by atoms with Crippen molar-refractivity contribution in [3.05, 3.63) is 207 Å². The molecule has 250 valence electrons. The first-order valence-corrected chi connectivity index (χ1v) is 16.5. The summed E-state index contributed by atoms with van der Waals surface area (Å²) in [6.07, 6.45) is 0. The van der Waals surface area contributed by atoms with E-state index in [-0.39, 0.29) is 11.4 Å². The van der Waals surface area contributed by atoms with E-state index in [0.29, 0.717) is 39.8 Å². The summed E-state index contributed by atoms with van der Waals surface area (Å²) in [7, 11) is 0. The summed E-state index contributed by atoms with van der Waals surface area (Å²) in [6, 6.07) is 51.6. The van der Waals surface area contributed by atoms with E-state index in [1.54, 1.807) is 24.3 Å². The molecule has 0 spiro atoms. The molecule has 1 aromatic heterocycles. The first-order valence-electron chi connectivity index (χ1n) is 16.5. The highest BCUT2D eigenvalue weighted by molar-refractivity contribution is 6.54. The fourth-order valence-electron chi connectivity index (χ4n) is 6.51. The molecule has 8 rings (SSSR count). The number of aromatic nitrogens is 2. The molecule has 10 nitrogen and oxygen atoms in total. The van der Waals surface area contributed by atoms with Crippen molar-refractivity contribution >= 4 is 22.8 Å². The van der Waals surface area contributed by atoms with Gasteiger partial charge in [0.25, 0.3) is 17.2 Å². The Kier molecular flexibility index (Phi) is 8.09. The van der Waals surface area contributed by atoms with Gasteiger partial charge in [-0.3, -0.25) is 24.8 Å². The van der Waals surface area contributed by atoms with Gasteiger partial charge >= 0.3 is 0 Å². The van der Waals surface area contributed by atoms with Crippen molar-refractivity contribution < 1.29 is 9.85 Å². The number of nitrogens with zero attached hydrogens (tertiary/aromatic N) is 6. The van der Waals surface area contributed by atoms with Gasteiger partial charge in [-0.2, -0.15) is 0 Å². The van der Waals surface area contributed by atoms with Gasteiger partial charge in [-0.05, 0) is 24.3 Å². The van der Waals surface area contributed by atoms with Crippen molar-refractivity contribution in [1.29, 1.82) is 0 Å². The van der Waals surface area contributed by atoms with Crippen LogP contribution in [0.25, 0.3) is 33.9 Å². The maximum atomic E-state index is 11.9. The van der Waals surface area contributed by atoms with Crippen molar-refractivity contribution in [3.63, 3.8) is 0 Å². The standard InChI is InChI=1S/C42H28N6O4/c49-47(50)35-25-21-33(22-26-35)41-43-39(31-17-9-3-10-18-31)40(32-19-11-4-12-20-32)46(41)42(34-23-27-36(28-24-34)48(51)52)44-37(29-13-5-1-6-14-29)38(45-42)30-15-7-2-8-16-30/h1-28H. The molecule has 1 aliphatic heterocycles. The van der Waals surface area contributed by atoms with Crippen LogP contribution < -0.4 is 0 Å². The average molecular weight is 681 g/mol. The van der Waals surface area contributed by atoms with E-state index < -0.39 is 15.6 Å². The van der Waals surface area contributed by atoms with Crippen LogP contribution in [0, 0.1) is 20.2 Å². The molecular weight excluding hydrogens is 652 g/mol. The zero-order valence-corrected chi connectivity index (χ0v) is 27.5. The zero-order chi connectivity index (χ0) is 35.7. The van der Waals surface area contributed by atoms with Gasteiger partial charge < -0.3 is 0 Å². The molecule has 0 N–H and O–H groups in total. The van der Waals surface area contributed by atoms with Gasteiger partial charge in [0.2, 0.25) is 0 Å². The zero-order valence-electron chi connectivity index (χ0n) is 27.5. The second-order valence-electron chi connectivity index (χ2n) is 12.1. The molecule has 0 amide bonds. The number of hydrogen-bond acceptors (Lipinski definition) is 7. The molecule has 10 heteroatoms. The van der Waals surface area contributed by atoms with Crippen LogP contribution in [0.2, 0.25) is 0 Å². The summed E-state index contributed by atoms with van der Waals surface area (Å²) in [5.41, 5.74) is 6.88. The maximum Gasteiger partial charge on any atom is 0.269 e. The number of non-ortho nitro benzene ring substituents is 2. The summed E-state index contributed by atoms with van der Waals surface area (Å²) in [5.74, 6) is -1.14. The quantitative estimate of drug-likeness (QED) is 0.111. The minimum atomic E-state index is -1.59. The van der Waals surface area contributed by atoms with Gasteiger partial charge in [-0.15, -0.1) is 0 Å². The minimum Gasteiger partial charge on any atom is -0.275 e. The highest BCUT2D eigenvalue weighted by Gasteiger charge is 2.45. The Balaban J connectivity index is 1.55. The lowest BCUT2D eigenvalue weighted by atomic mass is 10.0. The number of benzene rings is 6. The molecule has 0 saturated heterocycles. The molecule has 0 radical (unpaired) electrons. The molecular formula is C42H28N6O4. The van der Waals surface area contributed by atoms with Gasteiger partial charge in [0.15, 0.2) is 0 Å². The normalized spacial score (nSPS) is 13.3. The summed E-state index contributed by atoms with van der Waals surface area (Å²) in [4.78, 5) is 39.1. The number of imidazole rings is 1. The predicted molar refractivity (Wildman–Crippen MR) is 201 cm³/mol.